The Morgan fingerprint density at radius 2 is 2.29 bits per heavy atom. The monoisotopic (exact) mass is 237 g/mol. The van der Waals surface area contributed by atoms with Gasteiger partial charge in [-0.05, 0) is 25.3 Å². The molecule has 1 rings (SSSR count). The van der Waals surface area contributed by atoms with Crippen LogP contribution in [0, 0.1) is 5.92 Å². The van der Waals surface area contributed by atoms with Gasteiger partial charge in [0.05, 0.1) is 6.42 Å². The van der Waals surface area contributed by atoms with Crippen molar-refractivity contribution in [2.45, 2.75) is 39.0 Å². The highest BCUT2D eigenvalue weighted by molar-refractivity contribution is 5.80. The molecule has 0 spiro atoms. The van der Waals surface area contributed by atoms with E-state index in [1.807, 2.05) is 17.8 Å². The van der Waals surface area contributed by atoms with E-state index in [0.717, 1.165) is 25.1 Å². The molecule has 0 saturated heterocycles. The Kier molecular flexibility index (Phi) is 5.91. The van der Waals surface area contributed by atoms with Crippen molar-refractivity contribution >= 4 is 5.78 Å². The fourth-order valence-corrected chi connectivity index (χ4v) is 1.98. The summed E-state index contributed by atoms with van der Waals surface area (Å²) in [4.78, 5) is 16.0. The maximum atomic E-state index is 11.8. The number of ketones is 1. The van der Waals surface area contributed by atoms with Crippen LogP contribution < -0.4 is 5.73 Å². The van der Waals surface area contributed by atoms with Crippen molar-refractivity contribution in [3.05, 3.63) is 18.2 Å². The molecule has 1 atom stereocenters. The molecule has 0 aliphatic rings. The van der Waals surface area contributed by atoms with Gasteiger partial charge in [0.25, 0.3) is 0 Å². The second kappa shape index (κ2) is 7.22. The van der Waals surface area contributed by atoms with Crippen LogP contribution in [0.25, 0.3) is 0 Å². The molecule has 0 bridgehead atoms. The molecular weight excluding hydrogens is 214 g/mol. The van der Waals surface area contributed by atoms with Crippen LogP contribution in [0.2, 0.25) is 0 Å². The second-order valence-corrected chi connectivity index (χ2v) is 4.56. The predicted octanol–water partition coefficient (Wildman–Crippen LogP) is 1.69. The van der Waals surface area contributed by atoms with Gasteiger partial charge in [-0.2, -0.15) is 0 Å². The molecule has 1 aromatic heterocycles. The lowest BCUT2D eigenvalue weighted by Crippen LogP contribution is -2.12. The van der Waals surface area contributed by atoms with E-state index >= 15 is 0 Å². The molecular formula is C13H23N3O. The summed E-state index contributed by atoms with van der Waals surface area (Å²) in [5.74, 6) is 1.71. The van der Waals surface area contributed by atoms with Gasteiger partial charge in [0.2, 0.25) is 0 Å². The lowest BCUT2D eigenvalue weighted by atomic mass is 9.95. The van der Waals surface area contributed by atoms with Gasteiger partial charge in [0.1, 0.15) is 11.6 Å². The highest BCUT2D eigenvalue weighted by atomic mass is 16.1. The van der Waals surface area contributed by atoms with E-state index in [1.165, 1.54) is 0 Å². The lowest BCUT2D eigenvalue weighted by molar-refractivity contribution is -0.118. The van der Waals surface area contributed by atoms with Gasteiger partial charge in [0.15, 0.2) is 0 Å². The van der Waals surface area contributed by atoms with Gasteiger partial charge in [-0.15, -0.1) is 0 Å². The number of aromatic nitrogens is 2. The number of hydrogen-bond acceptors (Lipinski definition) is 3. The molecule has 17 heavy (non-hydrogen) atoms. The highest BCUT2D eigenvalue weighted by Crippen LogP contribution is 2.15. The number of carbonyl (C=O) groups excluding carboxylic acids is 1. The molecule has 1 unspecified atom stereocenters. The fraction of sp³-hybridized carbons (Fsp3) is 0.692. The van der Waals surface area contributed by atoms with Gasteiger partial charge in [0, 0.05) is 25.9 Å². The molecule has 0 aromatic carbocycles. The molecule has 1 aromatic rings. The number of nitrogens with zero attached hydrogens (tertiary/aromatic N) is 2. The van der Waals surface area contributed by atoms with E-state index in [9.17, 15) is 4.79 Å². The van der Waals surface area contributed by atoms with Gasteiger partial charge in [-0.3, -0.25) is 4.79 Å². The summed E-state index contributed by atoms with van der Waals surface area (Å²) >= 11 is 0. The number of rotatable bonds is 8. The van der Waals surface area contributed by atoms with Crippen molar-refractivity contribution in [3.63, 3.8) is 0 Å². The van der Waals surface area contributed by atoms with Crippen molar-refractivity contribution < 1.29 is 4.79 Å². The van der Waals surface area contributed by atoms with Crippen LogP contribution in [0.3, 0.4) is 0 Å². The van der Waals surface area contributed by atoms with Crippen molar-refractivity contribution in [1.29, 1.82) is 0 Å². The normalized spacial score (nSPS) is 12.6. The Balaban J connectivity index is 2.32. The molecule has 0 saturated carbocycles. The van der Waals surface area contributed by atoms with E-state index in [0.29, 0.717) is 25.3 Å². The van der Waals surface area contributed by atoms with Crippen molar-refractivity contribution in [1.82, 2.24) is 9.55 Å². The zero-order chi connectivity index (χ0) is 12.7. The minimum atomic E-state index is 0.273. The first kappa shape index (κ1) is 13.9. The Morgan fingerprint density at radius 1 is 1.53 bits per heavy atom. The standard InChI is InChI=1S/C13H23N3O/c1-3-11(6-7-14)4-5-12(17)10-13-15-8-9-16(13)2/h8-9,11H,3-7,10,14H2,1-2H3. The van der Waals surface area contributed by atoms with E-state index < -0.39 is 0 Å². The molecule has 0 amide bonds. The Bertz CT molecular complexity index is 346. The van der Waals surface area contributed by atoms with Gasteiger partial charge < -0.3 is 10.3 Å². The summed E-state index contributed by atoms with van der Waals surface area (Å²) in [6.07, 6.45) is 7.77. The highest BCUT2D eigenvalue weighted by Gasteiger charge is 2.11. The van der Waals surface area contributed by atoms with Crippen LogP contribution in [0.5, 0.6) is 0 Å². The molecule has 1 heterocycles. The molecule has 96 valence electrons. The van der Waals surface area contributed by atoms with Crippen molar-refractivity contribution in [3.8, 4) is 0 Å². The first-order chi connectivity index (χ1) is 8.17. The van der Waals surface area contributed by atoms with Crippen LogP contribution in [-0.4, -0.2) is 21.9 Å². The van der Waals surface area contributed by atoms with Crippen LogP contribution in [0.15, 0.2) is 12.4 Å². The van der Waals surface area contributed by atoms with Crippen molar-refractivity contribution in [2.24, 2.45) is 18.7 Å². The smallest absolute Gasteiger partial charge is 0.140 e. The SMILES string of the molecule is CCC(CCN)CCC(=O)Cc1nccn1C. The molecule has 2 N–H and O–H groups in total. The maximum absolute atomic E-state index is 11.8. The molecule has 4 nitrogen and oxygen atoms in total. The first-order valence-corrected chi connectivity index (χ1v) is 6.35. The summed E-state index contributed by atoms with van der Waals surface area (Å²) in [6, 6.07) is 0. The number of carbonyl (C=O) groups is 1. The van der Waals surface area contributed by atoms with Gasteiger partial charge >= 0.3 is 0 Å². The Hall–Kier alpha value is -1.16. The summed E-state index contributed by atoms with van der Waals surface area (Å²) in [5.41, 5.74) is 5.54. The third-order valence-corrected chi connectivity index (χ3v) is 3.26. The number of hydrogen-bond donors (Lipinski definition) is 1. The van der Waals surface area contributed by atoms with Gasteiger partial charge in [-0.25, -0.2) is 4.98 Å². The lowest BCUT2D eigenvalue weighted by Gasteiger charge is -2.12. The Morgan fingerprint density at radius 3 is 2.82 bits per heavy atom. The molecule has 0 aliphatic carbocycles. The summed E-state index contributed by atoms with van der Waals surface area (Å²) in [7, 11) is 1.92. The fourth-order valence-electron chi connectivity index (χ4n) is 1.98. The molecule has 4 heteroatoms. The number of aryl methyl sites for hydroxylation is 1. The summed E-state index contributed by atoms with van der Waals surface area (Å²) < 4.78 is 1.90. The number of nitrogens with two attached hydrogens (primary N) is 1. The number of Topliss-reactive ketones (excluding diaryl/α,β-unsaturated/α-hetero) is 1. The number of imidazole rings is 1. The predicted molar refractivity (Wildman–Crippen MR) is 68.6 cm³/mol. The third kappa shape index (κ3) is 4.69. The van der Waals surface area contributed by atoms with Crippen LogP contribution in [0.4, 0.5) is 0 Å². The quantitative estimate of drug-likeness (QED) is 0.748. The van der Waals surface area contributed by atoms with E-state index in [-0.39, 0.29) is 5.78 Å². The van der Waals surface area contributed by atoms with Crippen molar-refractivity contribution in [2.75, 3.05) is 6.54 Å². The Labute approximate surface area is 103 Å². The van der Waals surface area contributed by atoms with Crippen LogP contribution in [0.1, 0.15) is 38.4 Å². The van der Waals surface area contributed by atoms with Gasteiger partial charge in [-0.1, -0.05) is 13.3 Å². The minimum absolute atomic E-state index is 0.273. The molecule has 0 fully saturated rings. The van der Waals surface area contributed by atoms with Crippen LogP contribution >= 0.6 is 0 Å². The van der Waals surface area contributed by atoms with Crippen LogP contribution in [-0.2, 0) is 18.3 Å². The molecule has 0 radical (unpaired) electrons. The zero-order valence-corrected chi connectivity index (χ0v) is 10.9. The average molecular weight is 237 g/mol. The van der Waals surface area contributed by atoms with E-state index in [4.69, 9.17) is 5.73 Å². The topological polar surface area (TPSA) is 60.9 Å². The summed E-state index contributed by atoms with van der Waals surface area (Å²) in [5, 5.41) is 0. The summed E-state index contributed by atoms with van der Waals surface area (Å²) in [6.45, 7) is 2.87. The molecule has 0 aliphatic heterocycles. The van der Waals surface area contributed by atoms with E-state index in [2.05, 4.69) is 11.9 Å². The maximum Gasteiger partial charge on any atom is 0.140 e. The third-order valence-electron chi connectivity index (χ3n) is 3.26. The average Bonchev–Trinajstić information content (AvgIpc) is 2.70. The minimum Gasteiger partial charge on any atom is -0.338 e. The largest absolute Gasteiger partial charge is 0.338 e. The first-order valence-electron chi connectivity index (χ1n) is 6.35. The van der Waals surface area contributed by atoms with E-state index in [1.54, 1.807) is 6.20 Å². The zero-order valence-electron chi connectivity index (χ0n) is 10.9. The second-order valence-electron chi connectivity index (χ2n) is 4.56.